The monoisotopic (exact) mass is 332 g/mol. The van der Waals surface area contributed by atoms with Crippen LogP contribution in [0.5, 0.6) is 0 Å². The van der Waals surface area contributed by atoms with Crippen molar-refractivity contribution >= 4 is 11.3 Å². The van der Waals surface area contributed by atoms with Crippen LogP contribution in [0.4, 0.5) is 0 Å². The summed E-state index contributed by atoms with van der Waals surface area (Å²) in [6.45, 7) is 5.37. The minimum Gasteiger partial charge on any atom is -0.298 e. The zero-order valence-electron chi connectivity index (χ0n) is 13.9. The van der Waals surface area contributed by atoms with E-state index in [1.807, 2.05) is 15.9 Å². The summed E-state index contributed by atoms with van der Waals surface area (Å²) in [5, 5.41) is 6.67. The van der Waals surface area contributed by atoms with Crippen molar-refractivity contribution < 1.29 is 0 Å². The highest BCUT2D eigenvalue weighted by Gasteiger charge is 2.33. The summed E-state index contributed by atoms with van der Waals surface area (Å²) in [7, 11) is 1.78. The first kappa shape index (κ1) is 15.1. The van der Waals surface area contributed by atoms with Gasteiger partial charge in [-0.05, 0) is 49.6 Å². The molecule has 1 aliphatic carbocycles. The molecule has 4 rings (SSSR count). The van der Waals surface area contributed by atoms with Gasteiger partial charge in [0.15, 0.2) is 0 Å². The first-order valence-corrected chi connectivity index (χ1v) is 9.42. The molecule has 124 valence electrons. The van der Waals surface area contributed by atoms with Gasteiger partial charge in [0, 0.05) is 43.5 Å². The van der Waals surface area contributed by atoms with Crippen LogP contribution in [0.2, 0.25) is 0 Å². The van der Waals surface area contributed by atoms with Gasteiger partial charge in [0.2, 0.25) is 0 Å². The fourth-order valence-corrected chi connectivity index (χ4v) is 4.51. The smallest absolute Gasteiger partial charge is 0.298 e. The lowest BCUT2D eigenvalue weighted by Gasteiger charge is -2.32. The van der Waals surface area contributed by atoms with Gasteiger partial charge in [0.05, 0.1) is 0 Å². The summed E-state index contributed by atoms with van der Waals surface area (Å²) in [5.41, 5.74) is 1.47. The number of aromatic nitrogens is 3. The fourth-order valence-electron chi connectivity index (χ4n) is 3.57. The molecule has 2 aromatic heterocycles. The molecule has 1 saturated heterocycles. The predicted molar refractivity (Wildman–Crippen MR) is 92.0 cm³/mol. The van der Waals surface area contributed by atoms with Crippen LogP contribution in [0.25, 0.3) is 0 Å². The Morgan fingerprint density at radius 3 is 2.61 bits per heavy atom. The number of hydrogen-bond donors (Lipinski definition) is 0. The molecule has 6 heteroatoms. The number of thiophene rings is 1. The van der Waals surface area contributed by atoms with E-state index >= 15 is 0 Å². The standard InChI is InChI=1S/C17H24N4OS/c1-12-7-10-23-15(12)11-20-8-5-14(6-9-20)21-16(13-3-4-13)18-19(2)17(21)22/h7,10,13-14H,3-6,8-9,11H2,1-2H3. The lowest BCUT2D eigenvalue weighted by atomic mass is 10.0. The first-order chi connectivity index (χ1) is 11.1. The molecule has 2 fully saturated rings. The Balaban J connectivity index is 1.46. The molecule has 0 radical (unpaired) electrons. The summed E-state index contributed by atoms with van der Waals surface area (Å²) >= 11 is 1.85. The van der Waals surface area contributed by atoms with E-state index in [9.17, 15) is 4.79 Å². The highest BCUT2D eigenvalue weighted by Crippen LogP contribution is 2.40. The average molecular weight is 332 g/mol. The van der Waals surface area contributed by atoms with Gasteiger partial charge in [0.1, 0.15) is 5.82 Å². The van der Waals surface area contributed by atoms with E-state index < -0.39 is 0 Å². The van der Waals surface area contributed by atoms with Crippen molar-refractivity contribution in [3.05, 3.63) is 38.2 Å². The van der Waals surface area contributed by atoms with Gasteiger partial charge in [-0.3, -0.25) is 9.47 Å². The third-order valence-electron chi connectivity index (χ3n) is 5.18. The molecule has 0 unspecified atom stereocenters. The van der Waals surface area contributed by atoms with Crippen LogP contribution in [0, 0.1) is 6.92 Å². The molecule has 3 heterocycles. The molecule has 0 amide bonds. The molecule has 2 aliphatic rings. The Hall–Kier alpha value is -1.40. The summed E-state index contributed by atoms with van der Waals surface area (Å²) in [6.07, 6.45) is 4.48. The molecular weight excluding hydrogens is 308 g/mol. The molecule has 0 atom stereocenters. The molecule has 1 saturated carbocycles. The van der Waals surface area contributed by atoms with Crippen LogP contribution in [0.15, 0.2) is 16.2 Å². The highest BCUT2D eigenvalue weighted by molar-refractivity contribution is 7.10. The summed E-state index contributed by atoms with van der Waals surface area (Å²) in [5.74, 6) is 1.56. The SMILES string of the molecule is Cc1ccsc1CN1CCC(n2c(C3CC3)nn(C)c2=O)CC1. The van der Waals surface area contributed by atoms with E-state index in [2.05, 4.69) is 28.4 Å². The van der Waals surface area contributed by atoms with Gasteiger partial charge in [0.25, 0.3) is 0 Å². The van der Waals surface area contributed by atoms with E-state index in [1.165, 1.54) is 28.0 Å². The molecule has 23 heavy (non-hydrogen) atoms. The van der Waals surface area contributed by atoms with E-state index in [0.29, 0.717) is 12.0 Å². The Bertz CT molecular complexity index is 747. The van der Waals surface area contributed by atoms with Gasteiger partial charge in [-0.1, -0.05) is 0 Å². The third-order valence-corrected chi connectivity index (χ3v) is 6.19. The second kappa shape index (κ2) is 5.91. The van der Waals surface area contributed by atoms with Crippen molar-refractivity contribution in [2.24, 2.45) is 7.05 Å². The molecule has 2 aromatic rings. The van der Waals surface area contributed by atoms with Crippen LogP contribution < -0.4 is 5.69 Å². The molecular formula is C17H24N4OS. The van der Waals surface area contributed by atoms with Crippen LogP contribution in [-0.2, 0) is 13.6 Å². The van der Waals surface area contributed by atoms with Crippen molar-refractivity contribution in [3.8, 4) is 0 Å². The number of aryl methyl sites for hydroxylation is 2. The van der Waals surface area contributed by atoms with Gasteiger partial charge in [-0.15, -0.1) is 11.3 Å². The van der Waals surface area contributed by atoms with E-state index in [0.717, 1.165) is 38.3 Å². The van der Waals surface area contributed by atoms with Crippen LogP contribution in [0.3, 0.4) is 0 Å². The number of rotatable bonds is 4. The van der Waals surface area contributed by atoms with Crippen molar-refractivity contribution in [3.63, 3.8) is 0 Å². The van der Waals surface area contributed by atoms with Gasteiger partial charge >= 0.3 is 5.69 Å². The maximum absolute atomic E-state index is 12.5. The second-order valence-electron chi connectivity index (χ2n) is 6.94. The Kier molecular flexibility index (Phi) is 3.89. The maximum atomic E-state index is 12.5. The highest BCUT2D eigenvalue weighted by atomic mass is 32.1. The quantitative estimate of drug-likeness (QED) is 0.864. The Labute approximate surface area is 140 Å². The number of piperidine rings is 1. The van der Waals surface area contributed by atoms with Crippen molar-refractivity contribution in [2.75, 3.05) is 13.1 Å². The topological polar surface area (TPSA) is 43.1 Å². The summed E-state index contributed by atoms with van der Waals surface area (Å²) in [4.78, 5) is 16.4. The minimum absolute atomic E-state index is 0.0689. The second-order valence-corrected chi connectivity index (χ2v) is 7.94. The molecule has 0 aromatic carbocycles. The third kappa shape index (κ3) is 2.90. The van der Waals surface area contributed by atoms with Crippen LogP contribution >= 0.6 is 11.3 Å². The molecule has 0 spiro atoms. The van der Waals surface area contributed by atoms with Crippen molar-refractivity contribution in [1.29, 1.82) is 0 Å². The van der Waals surface area contributed by atoms with Gasteiger partial charge in [-0.25, -0.2) is 9.48 Å². The lowest BCUT2D eigenvalue weighted by Crippen LogP contribution is -2.37. The van der Waals surface area contributed by atoms with E-state index in [1.54, 1.807) is 7.05 Å². The van der Waals surface area contributed by atoms with Gasteiger partial charge in [-0.2, -0.15) is 5.10 Å². The maximum Gasteiger partial charge on any atom is 0.345 e. The average Bonchev–Trinajstić information content (AvgIpc) is 3.26. The zero-order chi connectivity index (χ0) is 16.0. The van der Waals surface area contributed by atoms with Crippen molar-refractivity contribution in [1.82, 2.24) is 19.2 Å². The number of nitrogens with zero attached hydrogens (tertiary/aromatic N) is 4. The number of hydrogen-bond acceptors (Lipinski definition) is 4. The first-order valence-electron chi connectivity index (χ1n) is 8.54. The zero-order valence-corrected chi connectivity index (χ0v) is 14.7. The minimum atomic E-state index is 0.0689. The normalized spacial score (nSPS) is 20.3. The molecule has 0 N–H and O–H groups in total. The van der Waals surface area contributed by atoms with Crippen LogP contribution in [0.1, 0.15) is 53.9 Å². The molecule has 1 aliphatic heterocycles. The Morgan fingerprint density at radius 2 is 2.00 bits per heavy atom. The van der Waals surface area contributed by atoms with Crippen molar-refractivity contribution in [2.45, 2.75) is 51.1 Å². The lowest BCUT2D eigenvalue weighted by molar-refractivity contribution is 0.177. The van der Waals surface area contributed by atoms with E-state index in [-0.39, 0.29) is 5.69 Å². The summed E-state index contributed by atoms with van der Waals surface area (Å²) < 4.78 is 3.53. The summed E-state index contributed by atoms with van der Waals surface area (Å²) in [6, 6.07) is 2.52. The Morgan fingerprint density at radius 1 is 1.26 bits per heavy atom. The fraction of sp³-hybridized carbons (Fsp3) is 0.647. The van der Waals surface area contributed by atoms with E-state index in [4.69, 9.17) is 0 Å². The molecule has 5 nitrogen and oxygen atoms in total. The largest absolute Gasteiger partial charge is 0.345 e. The van der Waals surface area contributed by atoms with Crippen LogP contribution in [-0.4, -0.2) is 32.3 Å². The number of likely N-dealkylation sites (tertiary alicyclic amines) is 1. The predicted octanol–water partition coefficient (Wildman–Crippen LogP) is 2.67. The molecule has 0 bridgehead atoms. The van der Waals surface area contributed by atoms with Gasteiger partial charge < -0.3 is 0 Å².